The van der Waals surface area contributed by atoms with Gasteiger partial charge in [0.2, 0.25) is 0 Å². The zero-order chi connectivity index (χ0) is 41.9. The molecule has 14 aromatic rings. The van der Waals surface area contributed by atoms with Gasteiger partial charge < -0.3 is 18.3 Å². The van der Waals surface area contributed by atoms with Crippen LogP contribution < -0.4 is 0 Å². The molecule has 64 heavy (non-hydrogen) atoms. The van der Waals surface area contributed by atoms with E-state index in [1.165, 1.54) is 92.8 Å². The fraction of sp³-hybridized carbons (Fsp3) is 0. The number of hydrogen-bond donors (Lipinski definition) is 0. The van der Waals surface area contributed by atoms with Gasteiger partial charge in [0.15, 0.2) is 0 Å². The Morgan fingerprint density at radius 1 is 0.188 bits per heavy atom. The molecule has 4 heteroatoms. The lowest BCUT2D eigenvalue weighted by atomic mass is 10.0. The van der Waals surface area contributed by atoms with E-state index in [4.69, 9.17) is 0 Å². The van der Waals surface area contributed by atoms with Gasteiger partial charge in [0.25, 0.3) is 0 Å². The van der Waals surface area contributed by atoms with E-state index in [1.807, 2.05) is 0 Å². The quantitative estimate of drug-likeness (QED) is 0.165. The van der Waals surface area contributed by atoms with Gasteiger partial charge in [0.05, 0.1) is 44.1 Å². The number of nitrogens with zero attached hydrogens (tertiary/aromatic N) is 4. The summed E-state index contributed by atoms with van der Waals surface area (Å²) >= 11 is 0. The Hall–Kier alpha value is -8.60. The summed E-state index contributed by atoms with van der Waals surface area (Å²) in [7, 11) is 0. The third kappa shape index (κ3) is 4.88. The number of fused-ring (bicyclic) bond motifs is 14. The van der Waals surface area contributed by atoms with E-state index in [0.717, 1.165) is 28.3 Å². The van der Waals surface area contributed by atoms with Gasteiger partial charge in [0.1, 0.15) is 0 Å². The highest BCUT2D eigenvalue weighted by Crippen LogP contribution is 2.45. The molecule has 0 bridgehead atoms. The van der Waals surface area contributed by atoms with Gasteiger partial charge in [-0.05, 0) is 102 Å². The molecule has 0 radical (unpaired) electrons. The Bertz CT molecular complexity index is 3920. The Labute approximate surface area is 368 Å². The Morgan fingerprint density at radius 2 is 0.469 bits per heavy atom. The lowest BCUT2D eigenvalue weighted by Gasteiger charge is -2.16. The summed E-state index contributed by atoms with van der Waals surface area (Å²) in [5.74, 6) is 0. The summed E-state index contributed by atoms with van der Waals surface area (Å²) in [6.45, 7) is 0. The lowest BCUT2D eigenvalue weighted by Crippen LogP contribution is -2.00. The third-order valence-electron chi connectivity index (χ3n) is 13.5. The average Bonchev–Trinajstić information content (AvgIpc) is 4.09. The predicted molar refractivity (Wildman–Crippen MR) is 269 cm³/mol. The summed E-state index contributed by atoms with van der Waals surface area (Å²) in [5, 5.41) is 10.0. The molecule has 0 amide bonds. The summed E-state index contributed by atoms with van der Waals surface area (Å²) in [4.78, 5) is 0. The van der Waals surface area contributed by atoms with Crippen LogP contribution in [0.5, 0.6) is 0 Å². The Kier molecular flexibility index (Phi) is 7.36. The number of aromatic nitrogens is 4. The van der Waals surface area contributed by atoms with Crippen molar-refractivity contribution in [3.63, 3.8) is 0 Å². The molecule has 0 fully saturated rings. The number of rotatable bonds is 5. The van der Waals surface area contributed by atoms with Crippen molar-refractivity contribution in [1.29, 1.82) is 0 Å². The molecule has 4 nitrogen and oxygen atoms in total. The molecule has 0 aliphatic heterocycles. The van der Waals surface area contributed by atoms with Crippen LogP contribution in [0.25, 0.3) is 121 Å². The molecule has 0 saturated heterocycles. The first kappa shape index (κ1) is 35.0. The minimum absolute atomic E-state index is 1.11. The molecular formula is C60H38N4. The topological polar surface area (TPSA) is 19.7 Å². The molecule has 0 N–H and O–H groups in total. The van der Waals surface area contributed by atoms with Crippen LogP contribution in [0, 0.1) is 0 Å². The van der Waals surface area contributed by atoms with Crippen molar-refractivity contribution in [1.82, 2.24) is 18.3 Å². The van der Waals surface area contributed by atoms with Gasteiger partial charge in [-0.25, -0.2) is 0 Å². The first-order chi connectivity index (χ1) is 31.8. The molecule has 0 atom stereocenters. The second kappa shape index (κ2) is 13.4. The monoisotopic (exact) mass is 814 g/mol. The van der Waals surface area contributed by atoms with E-state index in [0.29, 0.717) is 0 Å². The molecule has 0 saturated carbocycles. The maximum Gasteiger partial charge on any atom is 0.0548 e. The third-order valence-corrected chi connectivity index (χ3v) is 13.5. The first-order valence-corrected chi connectivity index (χ1v) is 22.0. The standard InChI is InChI=1S/C60H38N4/c1-4-18-39(19-5-1)40-36-43(63-51-30-16-12-26-47(51)59-55(63)34-32-53-57(59)45-24-10-14-28-49(45)61(53)41-20-6-2-7-21-41)38-44(37-40)64-52-31-17-13-27-48(52)60-56(64)35-33-54-58(60)46-25-11-15-29-50(46)62(54)42-22-8-3-9-23-42/h1-38H. The van der Waals surface area contributed by atoms with Crippen molar-refractivity contribution in [2.24, 2.45) is 0 Å². The number of benzene rings is 10. The lowest BCUT2D eigenvalue weighted by molar-refractivity contribution is 1.13. The molecule has 0 aliphatic rings. The van der Waals surface area contributed by atoms with Crippen molar-refractivity contribution in [3.05, 3.63) is 231 Å². The summed E-state index contributed by atoms with van der Waals surface area (Å²) in [6.07, 6.45) is 0. The van der Waals surface area contributed by atoms with Crippen LogP contribution in [-0.4, -0.2) is 18.3 Å². The minimum Gasteiger partial charge on any atom is -0.309 e. The Balaban J connectivity index is 1.09. The van der Waals surface area contributed by atoms with Crippen LogP contribution in [0.3, 0.4) is 0 Å². The SMILES string of the molecule is c1ccc(-c2cc(-n3c4ccccc4c4c5c6ccccc6n(-c6ccccc6)c5ccc43)cc(-n3c4ccccc4c4c5c6ccccc6n(-c6ccccc6)c5ccc43)c2)cc1. The Morgan fingerprint density at radius 3 is 0.812 bits per heavy atom. The van der Waals surface area contributed by atoms with E-state index >= 15 is 0 Å². The van der Waals surface area contributed by atoms with E-state index in [9.17, 15) is 0 Å². The summed E-state index contributed by atoms with van der Waals surface area (Å²) in [5.41, 5.74) is 16.4. The molecule has 4 heterocycles. The van der Waals surface area contributed by atoms with Crippen LogP contribution in [0.4, 0.5) is 0 Å². The van der Waals surface area contributed by atoms with Crippen LogP contribution in [-0.2, 0) is 0 Å². The van der Waals surface area contributed by atoms with Gasteiger partial charge in [0, 0.05) is 65.8 Å². The summed E-state index contributed by atoms with van der Waals surface area (Å²) < 4.78 is 9.82. The molecule has 4 aromatic heterocycles. The van der Waals surface area contributed by atoms with E-state index in [2.05, 4.69) is 249 Å². The van der Waals surface area contributed by atoms with Gasteiger partial charge in [-0.3, -0.25) is 0 Å². The largest absolute Gasteiger partial charge is 0.309 e. The average molecular weight is 815 g/mol. The zero-order valence-corrected chi connectivity index (χ0v) is 34.7. The molecule has 298 valence electrons. The number of para-hydroxylation sites is 6. The van der Waals surface area contributed by atoms with Crippen molar-refractivity contribution in [2.75, 3.05) is 0 Å². The zero-order valence-electron chi connectivity index (χ0n) is 34.7. The maximum atomic E-state index is 2.49. The van der Waals surface area contributed by atoms with Gasteiger partial charge in [-0.15, -0.1) is 0 Å². The van der Waals surface area contributed by atoms with Gasteiger partial charge >= 0.3 is 0 Å². The van der Waals surface area contributed by atoms with Gasteiger partial charge in [-0.2, -0.15) is 0 Å². The van der Waals surface area contributed by atoms with E-state index < -0.39 is 0 Å². The normalized spacial score (nSPS) is 12.1. The molecule has 0 spiro atoms. The van der Waals surface area contributed by atoms with Crippen LogP contribution in [0.1, 0.15) is 0 Å². The van der Waals surface area contributed by atoms with Crippen molar-refractivity contribution in [3.8, 4) is 33.9 Å². The fourth-order valence-electron chi connectivity index (χ4n) is 11.0. The molecule has 10 aromatic carbocycles. The highest BCUT2D eigenvalue weighted by Gasteiger charge is 2.24. The molecule has 14 rings (SSSR count). The van der Waals surface area contributed by atoms with Crippen molar-refractivity contribution in [2.45, 2.75) is 0 Å². The minimum atomic E-state index is 1.11. The smallest absolute Gasteiger partial charge is 0.0548 e. The molecule has 0 aliphatic carbocycles. The van der Waals surface area contributed by atoms with Crippen LogP contribution in [0.15, 0.2) is 231 Å². The highest BCUT2D eigenvalue weighted by atomic mass is 15.0. The number of hydrogen-bond acceptors (Lipinski definition) is 0. The van der Waals surface area contributed by atoms with E-state index in [1.54, 1.807) is 0 Å². The van der Waals surface area contributed by atoms with Crippen LogP contribution in [0.2, 0.25) is 0 Å². The van der Waals surface area contributed by atoms with Crippen molar-refractivity contribution < 1.29 is 0 Å². The maximum absolute atomic E-state index is 2.49. The van der Waals surface area contributed by atoms with Crippen LogP contribution >= 0.6 is 0 Å². The van der Waals surface area contributed by atoms with Crippen molar-refractivity contribution >= 4 is 87.2 Å². The highest BCUT2D eigenvalue weighted by molar-refractivity contribution is 6.30. The summed E-state index contributed by atoms with van der Waals surface area (Å²) in [6, 6.07) is 84.4. The first-order valence-electron chi connectivity index (χ1n) is 22.0. The van der Waals surface area contributed by atoms with Gasteiger partial charge in [-0.1, -0.05) is 140 Å². The predicted octanol–water partition coefficient (Wildman–Crippen LogP) is 15.7. The second-order valence-corrected chi connectivity index (χ2v) is 16.9. The fourth-order valence-corrected chi connectivity index (χ4v) is 11.0. The molecular weight excluding hydrogens is 777 g/mol. The van der Waals surface area contributed by atoms with E-state index in [-0.39, 0.29) is 0 Å². The second-order valence-electron chi connectivity index (χ2n) is 16.9. The molecule has 0 unspecified atom stereocenters.